The van der Waals surface area contributed by atoms with Crippen molar-refractivity contribution in [3.05, 3.63) is 34.2 Å². The Labute approximate surface area is 104 Å². The maximum atomic E-state index is 14.1. The van der Waals surface area contributed by atoms with Crippen molar-refractivity contribution in [1.29, 1.82) is 0 Å². The third-order valence-electron chi connectivity index (χ3n) is 2.67. The van der Waals surface area contributed by atoms with Gasteiger partial charge in [0.15, 0.2) is 17.4 Å². The molecule has 0 N–H and O–H groups in total. The first-order valence-electron chi connectivity index (χ1n) is 5.76. The topological polar surface area (TPSA) is 9.23 Å². The van der Waals surface area contributed by atoms with Crippen molar-refractivity contribution >= 4 is 6.08 Å². The van der Waals surface area contributed by atoms with Gasteiger partial charge in [-0.3, -0.25) is 0 Å². The lowest BCUT2D eigenvalue weighted by molar-refractivity contribution is 0.116. The van der Waals surface area contributed by atoms with Crippen molar-refractivity contribution in [3.63, 3.8) is 0 Å². The van der Waals surface area contributed by atoms with Gasteiger partial charge in [0.05, 0.1) is 0 Å². The number of benzene rings is 1. The summed E-state index contributed by atoms with van der Waals surface area (Å²) < 4.78 is 47.0. The standard InChI is InChI=1S/C14H15F3O/c1-7-5-8-9(6-7)11(16)13(12(17)10(8)15)18-14(2,3)4/h6H,5H2,1-4H3. The molecule has 0 heterocycles. The molecular weight excluding hydrogens is 241 g/mol. The van der Waals surface area contributed by atoms with Crippen LogP contribution in [-0.4, -0.2) is 5.60 Å². The summed E-state index contributed by atoms with van der Waals surface area (Å²) in [4.78, 5) is 0. The molecular formula is C14H15F3O. The molecule has 1 aromatic rings. The fraction of sp³-hybridized carbons (Fsp3) is 0.429. The number of rotatable bonds is 1. The highest BCUT2D eigenvalue weighted by atomic mass is 19.2. The van der Waals surface area contributed by atoms with Crippen molar-refractivity contribution in [1.82, 2.24) is 0 Å². The molecule has 0 aliphatic heterocycles. The Hall–Kier alpha value is -1.45. The van der Waals surface area contributed by atoms with Gasteiger partial charge in [0, 0.05) is 11.1 Å². The summed E-state index contributed by atoms with van der Waals surface area (Å²) in [5.74, 6) is -3.72. The fourth-order valence-electron chi connectivity index (χ4n) is 2.00. The van der Waals surface area contributed by atoms with Crippen LogP contribution in [0.2, 0.25) is 0 Å². The molecule has 0 saturated heterocycles. The summed E-state index contributed by atoms with van der Waals surface area (Å²) in [5, 5.41) is 0. The van der Waals surface area contributed by atoms with Crippen LogP contribution in [0.25, 0.3) is 6.08 Å². The van der Waals surface area contributed by atoms with Crippen LogP contribution in [0.4, 0.5) is 13.2 Å². The average Bonchev–Trinajstić information content (AvgIpc) is 2.62. The molecule has 0 aromatic heterocycles. The Morgan fingerprint density at radius 1 is 1.06 bits per heavy atom. The van der Waals surface area contributed by atoms with Crippen molar-refractivity contribution in [2.75, 3.05) is 0 Å². The Bertz CT molecular complexity index is 539. The van der Waals surface area contributed by atoms with Crippen LogP contribution >= 0.6 is 0 Å². The van der Waals surface area contributed by atoms with Crippen molar-refractivity contribution in [2.24, 2.45) is 0 Å². The van der Waals surface area contributed by atoms with Gasteiger partial charge >= 0.3 is 0 Å². The lowest BCUT2D eigenvalue weighted by Crippen LogP contribution is -2.25. The fourth-order valence-corrected chi connectivity index (χ4v) is 2.00. The van der Waals surface area contributed by atoms with E-state index >= 15 is 0 Å². The van der Waals surface area contributed by atoms with Gasteiger partial charge in [-0.25, -0.2) is 8.78 Å². The van der Waals surface area contributed by atoms with E-state index in [-0.39, 0.29) is 17.5 Å². The van der Waals surface area contributed by atoms with E-state index in [1.807, 2.05) is 0 Å². The van der Waals surface area contributed by atoms with E-state index in [0.717, 1.165) is 5.57 Å². The average molecular weight is 256 g/mol. The summed E-state index contributed by atoms with van der Waals surface area (Å²) >= 11 is 0. The summed E-state index contributed by atoms with van der Waals surface area (Å²) in [6, 6.07) is 0. The number of fused-ring (bicyclic) bond motifs is 1. The summed E-state index contributed by atoms with van der Waals surface area (Å²) in [5.41, 5.74) is 0.184. The molecule has 0 fully saturated rings. The zero-order valence-electron chi connectivity index (χ0n) is 10.8. The number of hydrogen-bond acceptors (Lipinski definition) is 1. The lowest BCUT2D eigenvalue weighted by Gasteiger charge is -2.23. The Kier molecular flexibility index (Phi) is 2.92. The maximum Gasteiger partial charge on any atom is 0.204 e. The van der Waals surface area contributed by atoms with Crippen LogP contribution in [-0.2, 0) is 6.42 Å². The molecule has 2 rings (SSSR count). The van der Waals surface area contributed by atoms with Crippen LogP contribution < -0.4 is 4.74 Å². The van der Waals surface area contributed by atoms with E-state index in [1.165, 1.54) is 6.08 Å². The molecule has 0 bridgehead atoms. The van der Waals surface area contributed by atoms with Gasteiger partial charge in [0.1, 0.15) is 5.60 Å². The minimum atomic E-state index is -1.25. The second-order valence-electron chi connectivity index (χ2n) is 5.55. The summed E-state index contributed by atoms with van der Waals surface area (Å²) in [7, 11) is 0. The van der Waals surface area contributed by atoms with E-state index in [4.69, 9.17) is 4.74 Å². The van der Waals surface area contributed by atoms with E-state index in [1.54, 1.807) is 27.7 Å². The number of ether oxygens (including phenoxy) is 1. The molecule has 1 aliphatic carbocycles. The first kappa shape index (κ1) is 13.0. The molecule has 4 heteroatoms. The predicted molar refractivity (Wildman–Crippen MR) is 64.1 cm³/mol. The van der Waals surface area contributed by atoms with Gasteiger partial charge in [0.25, 0.3) is 0 Å². The second-order valence-corrected chi connectivity index (χ2v) is 5.55. The van der Waals surface area contributed by atoms with Crippen molar-refractivity contribution in [3.8, 4) is 5.75 Å². The van der Waals surface area contributed by atoms with Crippen LogP contribution in [0.5, 0.6) is 5.75 Å². The molecule has 0 unspecified atom stereocenters. The van der Waals surface area contributed by atoms with Crippen molar-refractivity contribution in [2.45, 2.75) is 39.7 Å². The molecule has 0 amide bonds. The zero-order valence-corrected chi connectivity index (χ0v) is 10.8. The van der Waals surface area contributed by atoms with E-state index in [0.29, 0.717) is 0 Å². The third kappa shape index (κ3) is 2.11. The second kappa shape index (κ2) is 4.04. The molecule has 1 aromatic carbocycles. The zero-order chi connectivity index (χ0) is 13.7. The maximum absolute atomic E-state index is 14.1. The Morgan fingerprint density at radius 2 is 1.67 bits per heavy atom. The highest BCUT2D eigenvalue weighted by Gasteiger charge is 2.30. The largest absolute Gasteiger partial charge is 0.482 e. The summed E-state index contributed by atoms with van der Waals surface area (Å²) in [6.45, 7) is 6.70. The molecule has 1 nitrogen and oxygen atoms in total. The minimum Gasteiger partial charge on any atom is -0.482 e. The highest BCUT2D eigenvalue weighted by Crippen LogP contribution is 2.38. The quantitative estimate of drug-likeness (QED) is 0.683. The third-order valence-corrected chi connectivity index (χ3v) is 2.67. The van der Waals surface area contributed by atoms with E-state index in [2.05, 4.69) is 0 Å². The van der Waals surface area contributed by atoms with E-state index in [9.17, 15) is 13.2 Å². The molecule has 98 valence electrons. The molecule has 0 radical (unpaired) electrons. The molecule has 0 saturated carbocycles. The Balaban J connectivity index is 2.62. The first-order chi connectivity index (χ1) is 8.20. The van der Waals surface area contributed by atoms with Gasteiger partial charge in [-0.15, -0.1) is 0 Å². The highest BCUT2D eigenvalue weighted by molar-refractivity contribution is 5.66. The van der Waals surface area contributed by atoms with Crippen LogP contribution in [0.3, 0.4) is 0 Å². The van der Waals surface area contributed by atoms with Gasteiger partial charge < -0.3 is 4.74 Å². The molecule has 18 heavy (non-hydrogen) atoms. The SMILES string of the molecule is CC1=Cc2c(F)c(OC(C)(C)C)c(F)c(F)c2C1. The van der Waals surface area contributed by atoms with Gasteiger partial charge in [-0.1, -0.05) is 11.6 Å². The molecule has 0 atom stereocenters. The van der Waals surface area contributed by atoms with E-state index < -0.39 is 28.8 Å². The van der Waals surface area contributed by atoms with Crippen LogP contribution in [0.1, 0.15) is 38.8 Å². The number of allylic oxidation sites excluding steroid dienone is 1. The van der Waals surface area contributed by atoms with Gasteiger partial charge in [-0.05, 0) is 34.1 Å². The van der Waals surface area contributed by atoms with Gasteiger partial charge in [0.2, 0.25) is 5.82 Å². The Morgan fingerprint density at radius 3 is 2.22 bits per heavy atom. The van der Waals surface area contributed by atoms with Gasteiger partial charge in [-0.2, -0.15) is 4.39 Å². The number of hydrogen-bond donors (Lipinski definition) is 0. The summed E-state index contributed by atoms with van der Waals surface area (Å²) in [6.07, 6.45) is 1.77. The smallest absolute Gasteiger partial charge is 0.204 e. The minimum absolute atomic E-state index is 0.0729. The predicted octanol–water partition coefficient (Wildman–Crippen LogP) is 4.24. The molecule has 0 spiro atoms. The molecule has 1 aliphatic rings. The first-order valence-corrected chi connectivity index (χ1v) is 5.76. The monoisotopic (exact) mass is 256 g/mol. The van der Waals surface area contributed by atoms with Crippen molar-refractivity contribution < 1.29 is 17.9 Å². The van der Waals surface area contributed by atoms with Crippen LogP contribution in [0.15, 0.2) is 5.57 Å². The van der Waals surface area contributed by atoms with Crippen LogP contribution in [0, 0.1) is 17.5 Å². The lowest BCUT2D eigenvalue weighted by atomic mass is 10.1. The normalized spacial score (nSPS) is 14.5. The number of halogens is 3.